The first-order valence-corrected chi connectivity index (χ1v) is 10.5. The minimum atomic E-state index is -0.753. The quantitative estimate of drug-likeness (QED) is 0.155. The van der Waals surface area contributed by atoms with Crippen LogP contribution in [-0.2, 0) is 19.2 Å². The smallest absolute Gasteiger partial charge is 0.264 e. The summed E-state index contributed by atoms with van der Waals surface area (Å²) in [5.74, 6) is -1.65. The number of hydrogen-bond acceptors (Lipinski definition) is 6. The van der Waals surface area contributed by atoms with Gasteiger partial charge in [-0.2, -0.15) is 0 Å². The van der Waals surface area contributed by atoms with E-state index >= 15 is 0 Å². The molecule has 2 fully saturated rings. The lowest BCUT2D eigenvalue weighted by Crippen LogP contribution is -2.55. The normalized spacial score (nSPS) is 21.5. The summed E-state index contributed by atoms with van der Waals surface area (Å²) < 4.78 is 0. The van der Waals surface area contributed by atoms with Crippen LogP contribution in [0.15, 0.2) is 4.99 Å². The van der Waals surface area contributed by atoms with Gasteiger partial charge in [0.15, 0.2) is 5.96 Å². The number of amides is 4. The van der Waals surface area contributed by atoms with Gasteiger partial charge >= 0.3 is 0 Å². The van der Waals surface area contributed by atoms with Crippen molar-refractivity contribution in [1.82, 2.24) is 20.4 Å². The number of hydrogen-bond donors (Lipinski definition) is 5. The van der Waals surface area contributed by atoms with E-state index in [1.54, 1.807) is 0 Å². The third-order valence-electron chi connectivity index (χ3n) is 5.57. The van der Waals surface area contributed by atoms with Gasteiger partial charge in [-0.1, -0.05) is 0 Å². The molecule has 172 valence electrons. The maximum Gasteiger partial charge on any atom is 0.264 e. The van der Waals surface area contributed by atoms with Crippen molar-refractivity contribution >= 4 is 36.3 Å². The predicted molar refractivity (Wildman–Crippen MR) is 114 cm³/mol. The molecule has 2 heterocycles. The van der Waals surface area contributed by atoms with E-state index in [-0.39, 0.29) is 24.3 Å². The molecule has 12 nitrogen and oxygen atoms in total. The van der Waals surface area contributed by atoms with Gasteiger partial charge in [-0.15, -0.1) is 0 Å². The van der Waals surface area contributed by atoms with Crippen LogP contribution in [-0.4, -0.2) is 90.4 Å². The van der Waals surface area contributed by atoms with Crippen LogP contribution in [0.2, 0.25) is 0 Å². The molecule has 0 aliphatic carbocycles. The van der Waals surface area contributed by atoms with Gasteiger partial charge in [-0.25, -0.2) is 4.99 Å². The molecule has 7 N–H and O–H groups in total. The third kappa shape index (κ3) is 6.48. The first-order chi connectivity index (χ1) is 14.8. The molecular formula is C19H32N8O4. The summed E-state index contributed by atoms with van der Waals surface area (Å²) in [4.78, 5) is 56.0. The van der Waals surface area contributed by atoms with Crippen LogP contribution in [0, 0.1) is 5.41 Å². The van der Waals surface area contributed by atoms with E-state index in [2.05, 4.69) is 22.3 Å². The molecule has 31 heavy (non-hydrogen) atoms. The number of aliphatic imine (C=N–C) groups is 1. The number of nitrogens with zero attached hydrogens (tertiary/aromatic N) is 3. The summed E-state index contributed by atoms with van der Waals surface area (Å²) in [6, 6.07) is -2.06. The molecule has 0 aromatic carbocycles. The van der Waals surface area contributed by atoms with Crippen molar-refractivity contribution in [3.05, 3.63) is 0 Å². The number of carbonyl (C=O) groups is 4. The second-order valence-corrected chi connectivity index (χ2v) is 7.74. The van der Waals surface area contributed by atoms with Crippen molar-refractivity contribution < 1.29 is 19.2 Å². The van der Waals surface area contributed by atoms with Gasteiger partial charge in [-0.3, -0.25) is 24.6 Å². The van der Waals surface area contributed by atoms with Gasteiger partial charge in [0, 0.05) is 19.6 Å². The zero-order valence-electron chi connectivity index (χ0n) is 17.6. The van der Waals surface area contributed by atoms with Crippen molar-refractivity contribution in [1.29, 1.82) is 5.41 Å². The number of nitrogens with two attached hydrogens (primary N) is 2. The van der Waals surface area contributed by atoms with Gasteiger partial charge in [0.2, 0.25) is 17.7 Å². The van der Waals surface area contributed by atoms with Gasteiger partial charge in [-0.05, 0) is 45.2 Å². The lowest BCUT2D eigenvalue weighted by molar-refractivity contribution is -0.147. The highest BCUT2D eigenvalue weighted by atomic mass is 16.2. The van der Waals surface area contributed by atoms with Crippen molar-refractivity contribution in [3.8, 4) is 0 Å². The monoisotopic (exact) mass is 436 g/mol. The zero-order valence-corrected chi connectivity index (χ0v) is 17.6. The Labute approximate surface area is 181 Å². The number of rotatable bonds is 9. The Morgan fingerprint density at radius 3 is 2.39 bits per heavy atom. The Kier molecular flexibility index (Phi) is 8.91. The average molecular weight is 437 g/mol. The van der Waals surface area contributed by atoms with E-state index in [0.29, 0.717) is 58.2 Å². The van der Waals surface area contributed by atoms with E-state index in [0.717, 1.165) is 0 Å². The van der Waals surface area contributed by atoms with Gasteiger partial charge in [0.1, 0.15) is 12.1 Å². The minimum absolute atomic E-state index is 0.139. The van der Waals surface area contributed by atoms with Crippen LogP contribution in [0.1, 0.15) is 38.5 Å². The molecule has 2 rings (SSSR count). The van der Waals surface area contributed by atoms with Crippen molar-refractivity contribution in [2.24, 2.45) is 16.5 Å². The molecule has 0 saturated carbocycles. The lowest BCUT2D eigenvalue weighted by Gasteiger charge is -2.32. The Balaban J connectivity index is 1.95. The fourth-order valence-electron chi connectivity index (χ4n) is 4.00. The molecule has 3 atom stereocenters. The second-order valence-electron chi connectivity index (χ2n) is 7.74. The average Bonchev–Trinajstić information content (AvgIpc) is 3.43. The fourth-order valence-corrected chi connectivity index (χ4v) is 4.00. The Morgan fingerprint density at radius 1 is 1.10 bits per heavy atom. The standard InChI is InChI=1S/C19H32N8O4/c1-23-15(28)11-25-16(29)13-6-3-9-26(13)18(31)14-7-4-10-27(14)17(30)12(20)5-2-8-24-19(21)22/h12-14H,1-11,20H2,(H,25,29)(H4,21,22,24)/t12-,13-,14-/m0/s1. The molecule has 12 heteroatoms. The van der Waals surface area contributed by atoms with E-state index in [1.807, 2.05) is 0 Å². The van der Waals surface area contributed by atoms with Crippen LogP contribution >= 0.6 is 0 Å². The van der Waals surface area contributed by atoms with Crippen molar-refractivity contribution in [3.63, 3.8) is 0 Å². The molecule has 2 aliphatic rings. The summed E-state index contributed by atoms with van der Waals surface area (Å²) >= 11 is 0. The third-order valence-corrected chi connectivity index (χ3v) is 5.57. The van der Waals surface area contributed by atoms with E-state index < -0.39 is 29.9 Å². The summed E-state index contributed by atoms with van der Waals surface area (Å²) in [5.41, 5.74) is 11.3. The highest BCUT2D eigenvalue weighted by molar-refractivity contribution is 5.95. The number of nitrogens with one attached hydrogen (secondary N) is 3. The van der Waals surface area contributed by atoms with Gasteiger partial charge < -0.3 is 31.9 Å². The van der Waals surface area contributed by atoms with Crippen LogP contribution in [0.3, 0.4) is 0 Å². The fraction of sp³-hybridized carbons (Fsp3) is 0.684. The highest BCUT2D eigenvalue weighted by Gasteiger charge is 2.42. The topological polar surface area (TPSA) is 187 Å². The second kappa shape index (κ2) is 11.4. The van der Waals surface area contributed by atoms with Crippen LogP contribution in [0.25, 0.3) is 0 Å². The summed E-state index contributed by atoms with van der Waals surface area (Å²) in [5, 5.41) is 12.3. The Hall–Kier alpha value is -3.02. The molecule has 0 unspecified atom stereocenters. The molecule has 0 aromatic heterocycles. The zero-order chi connectivity index (χ0) is 23.0. The molecule has 0 bridgehead atoms. The molecular weight excluding hydrogens is 404 g/mol. The largest absolute Gasteiger partial charge is 0.370 e. The highest BCUT2D eigenvalue weighted by Crippen LogP contribution is 2.25. The SMILES string of the molecule is C=NC(=O)CNC(=O)[C@@H]1CCCN1C(=O)[C@@H]1CCCN1C(=O)[C@@H](N)CCCNC(=N)N. The lowest BCUT2D eigenvalue weighted by atomic mass is 10.1. The molecule has 4 amide bonds. The summed E-state index contributed by atoms with van der Waals surface area (Å²) in [6.45, 7) is 4.16. The maximum absolute atomic E-state index is 13.2. The van der Waals surface area contributed by atoms with E-state index in [4.69, 9.17) is 16.9 Å². The first-order valence-electron chi connectivity index (χ1n) is 10.5. The summed E-state index contributed by atoms with van der Waals surface area (Å²) in [7, 11) is 0. The molecule has 0 aromatic rings. The van der Waals surface area contributed by atoms with Crippen LogP contribution in [0.4, 0.5) is 0 Å². The van der Waals surface area contributed by atoms with Crippen LogP contribution in [0.5, 0.6) is 0 Å². The van der Waals surface area contributed by atoms with Gasteiger partial charge in [0.25, 0.3) is 5.91 Å². The summed E-state index contributed by atoms with van der Waals surface area (Å²) in [6.07, 6.45) is 3.33. The number of guanidine groups is 1. The number of carbonyl (C=O) groups excluding carboxylic acids is 4. The van der Waals surface area contributed by atoms with Crippen LogP contribution < -0.4 is 22.1 Å². The van der Waals surface area contributed by atoms with E-state index in [1.165, 1.54) is 9.80 Å². The van der Waals surface area contributed by atoms with E-state index in [9.17, 15) is 19.2 Å². The minimum Gasteiger partial charge on any atom is -0.370 e. The molecule has 2 saturated heterocycles. The Bertz CT molecular complexity index is 728. The molecule has 2 aliphatic heterocycles. The molecule has 0 spiro atoms. The maximum atomic E-state index is 13.2. The molecule has 0 radical (unpaired) electrons. The first kappa shape index (κ1) is 24.3. The van der Waals surface area contributed by atoms with Crippen molar-refractivity contribution in [2.45, 2.75) is 56.7 Å². The Morgan fingerprint density at radius 2 is 1.74 bits per heavy atom. The number of likely N-dealkylation sites (tertiary alicyclic amines) is 2. The van der Waals surface area contributed by atoms with Gasteiger partial charge in [0.05, 0.1) is 12.6 Å². The van der Waals surface area contributed by atoms with Crippen molar-refractivity contribution in [2.75, 3.05) is 26.2 Å². The predicted octanol–water partition coefficient (Wildman–Crippen LogP) is -2.10.